The summed E-state index contributed by atoms with van der Waals surface area (Å²) in [6.07, 6.45) is -0.104. The number of fused-ring (bicyclic) bond motifs is 3. The van der Waals surface area contributed by atoms with Crippen molar-refractivity contribution in [2.45, 2.75) is 31.5 Å². The zero-order chi connectivity index (χ0) is 20.7. The van der Waals surface area contributed by atoms with Crippen LogP contribution in [-0.2, 0) is 32.7 Å². The smallest absolute Gasteiger partial charge is 0.379 e. The van der Waals surface area contributed by atoms with Gasteiger partial charge in [-0.05, 0) is 30.7 Å². The highest BCUT2D eigenvalue weighted by Gasteiger charge is 2.25. The van der Waals surface area contributed by atoms with Gasteiger partial charge in [0.1, 0.15) is 11.5 Å². The topological polar surface area (TPSA) is 78.9 Å². The number of hydrogen-bond donors (Lipinski definition) is 0. The zero-order valence-corrected chi connectivity index (χ0v) is 15.5. The third kappa shape index (κ3) is 5.88. The summed E-state index contributed by atoms with van der Waals surface area (Å²) in [6, 6.07) is 11.3. The summed E-state index contributed by atoms with van der Waals surface area (Å²) in [5.74, 6) is -0.178. The molecule has 2 bridgehead atoms. The van der Waals surface area contributed by atoms with Crippen LogP contribution in [0.15, 0.2) is 47.4 Å². The zero-order valence-electron chi connectivity index (χ0n) is 14.7. The standard InChI is InChI=1S/C17H16O6S.CHF3/c1-2-21-16(18)10-13-6-4-8-15-17(13)23-24(19,20)14-7-3-5-12(9-14)11-22-15;2-1(3)4/h3-9H,2,10-11H2,1H3;1H. The summed E-state index contributed by atoms with van der Waals surface area (Å²) >= 11 is 0. The summed E-state index contributed by atoms with van der Waals surface area (Å²) in [5.41, 5.74) is 1.10. The van der Waals surface area contributed by atoms with Crippen LogP contribution >= 0.6 is 0 Å². The maximum Gasteiger partial charge on any atom is 0.379 e. The van der Waals surface area contributed by atoms with Crippen molar-refractivity contribution >= 4 is 16.1 Å². The molecule has 0 spiro atoms. The summed E-state index contributed by atoms with van der Waals surface area (Å²) in [4.78, 5) is 11.8. The summed E-state index contributed by atoms with van der Waals surface area (Å²) in [6.45, 7) is -1.52. The Labute approximate surface area is 160 Å². The maximum absolute atomic E-state index is 12.5. The lowest BCUT2D eigenvalue weighted by molar-refractivity contribution is -0.142. The highest BCUT2D eigenvalue weighted by atomic mass is 32.2. The molecule has 0 saturated heterocycles. The van der Waals surface area contributed by atoms with E-state index in [0.717, 1.165) is 0 Å². The second-order valence-corrected chi connectivity index (χ2v) is 6.99. The first-order valence-corrected chi connectivity index (χ1v) is 9.49. The van der Waals surface area contributed by atoms with Gasteiger partial charge in [-0.15, -0.1) is 0 Å². The molecule has 152 valence electrons. The van der Waals surface area contributed by atoms with Crippen molar-refractivity contribution in [1.29, 1.82) is 0 Å². The number of rotatable bonds is 3. The van der Waals surface area contributed by atoms with Crippen LogP contribution < -0.4 is 8.92 Å². The summed E-state index contributed by atoms with van der Waals surface area (Å²) < 4.78 is 69.9. The molecule has 2 aromatic rings. The first-order valence-electron chi connectivity index (χ1n) is 8.09. The van der Waals surface area contributed by atoms with Gasteiger partial charge < -0.3 is 13.7 Å². The van der Waals surface area contributed by atoms with E-state index in [1.54, 1.807) is 37.3 Å². The number of esters is 1. The van der Waals surface area contributed by atoms with Gasteiger partial charge in [-0.25, -0.2) is 0 Å². The van der Waals surface area contributed by atoms with Crippen molar-refractivity contribution in [2.75, 3.05) is 6.61 Å². The molecule has 3 rings (SSSR count). The third-order valence-electron chi connectivity index (χ3n) is 3.48. The van der Waals surface area contributed by atoms with Gasteiger partial charge in [0.05, 0.1) is 13.0 Å². The third-order valence-corrected chi connectivity index (χ3v) is 4.69. The van der Waals surface area contributed by atoms with Crippen LogP contribution in [0.2, 0.25) is 0 Å². The Bertz CT molecular complexity index is 928. The quantitative estimate of drug-likeness (QED) is 0.560. The van der Waals surface area contributed by atoms with Crippen molar-refractivity contribution in [3.8, 4) is 11.5 Å². The fourth-order valence-electron chi connectivity index (χ4n) is 2.39. The number of halogens is 3. The molecule has 0 atom stereocenters. The molecule has 0 aromatic heterocycles. The highest BCUT2D eigenvalue weighted by Crippen LogP contribution is 2.36. The van der Waals surface area contributed by atoms with Gasteiger partial charge in [0.2, 0.25) is 0 Å². The lowest BCUT2D eigenvalue weighted by Crippen LogP contribution is -2.13. The van der Waals surface area contributed by atoms with E-state index in [1.807, 2.05) is 0 Å². The van der Waals surface area contributed by atoms with Gasteiger partial charge in [-0.2, -0.15) is 21.6 Å². The number of alkyl halides is 3. The van der Waals surface area contributed by atoms with E-state index in [-0.39, 0.29) is 36.0 Å². The van der Waals surface area contributed by atoms with Crippen LogP contribution in [0.3, 0.4) is 0 Å². The second-order valence-electron chi connectivity index (χ2n) is 5.45. The number of carbonyl (C=O) groups excluding carboxylic acids is 1. The predicted octanol–water partition coefficient (Wildman–Crippen LogP) is 3.63. The number of para-hydroxylation sites is 1. The Morgan fingerprint density at radius 2 is 1.86 bits per heavy atom. The van der Waals surface area contributed by atoms with Gasteiger partial charge in [0.15, 0.2) is 11.5 Å². The van der Waals surface area contributed by atoms with Crippen LogP contribution in [0.1, 0.15) is 18.1 Å². The number of benzene rings is 2. The minimum atomic E-state index is -4.02. The fourth-order valence-corrected chi connectivity index (χ4v) is 3.43. The monoisotopic (exact) mass is 418 g/mol. The molecular weight excluding hydrogens is 401 g/mol. The summed E-state index contributed by atoms with van der Waals surface area (Å²) in [7, 11) is -4.02. The SMILES string of the molecule is CCOC(=O)Cc1cccc2c1OS(=O)(=O)c1cccc(c1)CO2.FC(F)F. The maximum atomic E-state index is 12.5. The van der Waals surface area contributed by atoms with Crippen LogP contribution in [0, 0.1) is 0 Å². The number of hydrogen-bond acceptors (Lipinski definition) is 6. The van der Waals surface area contributed by atoms with E-state index < -0.39 is 22.8 Å². The molecule has 1 aliphatic rings. The van der Waals surface area contributed by atoms with E-state index in [2.05, 4.69) is 0 Å². The van der Waals surface area contributed by atoms with Crippen LogP contribution in [0.4, 0.5) is 13.2 Å². The van der Waals surface area contributed by atoms with Gasteiger partial charge in [0.25, 0.3) is 0 Å². The molecule has 0 amide bonds. The Hall–Kier alpha value is -2.75. The lowest BCUT2D eigenvalue weighted by atomic mass is 10.1. The molecule has 0 unspecified atom stereocenters. The van der Waals surface area contributed by atoms with Crippen LogP contribution in [0.25, 0.3) is 0 Å². The molecule has 0 radical (unpaired) electrons. The Balaban J connectivity index is 0.000000640. The van der Waals surface area contributed by atoms with Crippen molar-refractivity contribution in [2.24, 2.45) is 0 Å². The molecule has 0 saturated carbocycles. The molecule has 0 N–H and O–H groups in total. The summed E-state index contributed by atoms with van der Waals surface area (Å²) in [5, 5.41) is 0. The van der Waals surface area contributed by atoms with E-state index in [4.69, 9.17) is 13.7 Å². The van der Waals surface area contributed by atoms with Crippen molar-refractivity contribution in [3.63, 3.8) is 0 Å². The van der Waals surface area contributed by atoms with Crippen molar-refractivity contribution < 1.29 is 40.0 Å². The second kappa shape index (κ2) is 9.45. The number of carbonyl (C=O) groups is 1. The first-order chi connectivity index (χ1) is 13.2. The average molecular weight is 418 g/mol. The Kier molecular flexibility index (Phi) is 7.27. The Morgan fingerprint density at radius 3 is 2.54 bits per heavy atom. The molecule has 1 aliphatic heterocycles. The van der Waals surface area contributed by atoms with Gasteiger partial charge >= 0.3 is 22.8 Å². The largest absolute Gasteiger partial charge is 0.485 e. The molecular formula is C18H17F3O6S. The molecule has 0 aliphatic carbocycles. The van der Waals surface area contributed by atoms with Gasteiger partial charge in [-0.1, -0.05) is 24.3 Å². The first kappa shape index (κ1) is 21.5. The van der Waals surface area contributed by atoms with E-state index in [9.17, 15) is 26.4 Å². The van der Waals surface area contributed by atoms with E-state index in [1.165, 1.54) is 12.1 Å². The molecule has 6 nitrogen and oxygen atoms in total. The molecule has 1 heterocycles. The molecule has 0 fully saturated rings. The lowest BCUT2D eigenvalue weighted by Gasteiger charge is -2.14. The van der Waals surface area contributed by atoms with Crippen molar-refractivity contribution in [3.05, 3.63) is 53.6 Å². The highest BCUT2D eigenvalue weighted by molar-refractivity contribution is 7.87. The average Bonchev–Trinajstić information content (AvgIpc) is 2.64. The van der Waals surface area contributed by atoms with Gasteiger partial charge in [-0.3, -0.25) is 4.79 Å². The van der Waals surface area contributed by atoms with Crippen molar-refractivity contribution in [1.82, 2.24) is 0 Å². The van der Waals surface area contributed by atoms with E-state index in [0.29, 0.717) is 11.1 Å². The van der Waals surface area contributed by atoms with Crippen LogP contribution in [-0.4, -0.2) is 27.7 Å². The minimum absolute atomic E-state index is 0.0213. The molecule has 28 heavy (non-hydrogen) atoms. The fraction of sp³-hybridized carbons (Fsp3) is 0.278. The Morgan fingerprint density at radius 1 is 1.18 bits per heavy atom. The predicted molar refractivity (Wildman–Crippen MR) is 92.5 cm³/mol. The molecule has 2 aromatic carbocycles. The van der Waals surface area contributed by atoms with Gasteiger partial charge in [0, 0.05) is 5.56 Å². The van der Waals surface area contributed by atoms with Crippen LogP contribution in [0.5, 0.6) is 11.5 Å². The molecule has 10 heteroatoms. The normalized spacial score (nSPS) is 14.0. The minimum Gasteiger partial charge on any atom is -0.485 e. The number of ether oxygens (including phenoxy) is 2. The van der Waals surface area contributed by atoms with E-state index >= 15 is 0 Å².